The van der Waals surface area contributed by atoms with Gasteiger partial charge in [-0.05, 0) is 64.2 Å². The zero-order valence-corrected chi connectivity index (χ0v) is 16.3. The molecule has 5 heteroatoms. The SMILES string of the molecule is O=C(NC1CCCN(Cc2ccccc2F)C1)C1(N2CCCC2)CCCC1. The van der Waals surface area contributed by atoms with E-state index >= 15 is 0 Å². The van der Waals surface area contributed by atoms with Gasteiger partial charge >= 0.3 is 0 Å². The van der Waals surface area contributed by atoms with Crippen LogP contribution in [0.1, 0.15) is 56.9 Å². The summed E-state index contributed by atoms with van der Waals surface area (Å²) in [7, 11) is 0. The van der Waals surface area contributed by atoms with Gasteiger partial charge in [-0.15, -0.1) is 0 Å². The van der Waals surface area contributed by atoms with E-state index in [1.54, 1.807) is 6.07 Å². The van der Waals surface area contributed by atoms with Crippen LogP contribution in [0.3, 0.4) is 0 Å². The molecule has 0 spiro atoms. The molecule has 2 saturated heterocycles. The minimum atomic E-state index is -0.260. The normalized spacial score (nSPS) is 26.3. The Morgan fingerprint density at radius 2 is 1.81 bits per heavy atom. The molecule has 0 aromatic heterocycles. The molecule has 1 aromatic carbocycles. The topological polar surface area (TPSA) is 35.6 Å². The van der Waals surface area contributed by atoms with E-state index in [2.05, 4.69) is 15.1 Å². The first-order valence-corrected chi connectivity index (χ1v) is 10.7. The summed E-state index contributed by atoms with van der Waals surface area (Å²) < 4.78 is 14.0. The van der Waals surface area contributed by atoms with Crippen molar-refractivity contribution < 1.29 is 9.18 Å². The Morgan fingerprint density at radius 3 is 2.56 bits per heavy atom. The molecule has 1 saturated carbocycles. The Morgan fingerprint density at radius 1 is 1.07 bits per heavy atom. The van der Waals surface area contributed by atoms with Crippen molar-refractivity contribution in [3.8, 4) is 0 Å². The highest BCUT2D eigenvalue weighted by atomic mass is 19.1. The Bertz CT molecular complexity index is 653. The van der Waals surface area contributed by atoms with Crippen molar-refractivity contribution in [2.75, 3.05) is 26.2 Å². The number of rotatable bonds is 5. The molecule has 148 valence electrons. The average Bonchev–Trinajstić information content (AvgIpc) is 3.36. The maximum atomic E-state index is 14.0. The van der Waals surface area contributed by atoms with E-state index < -0.39 is 0 Å². The second-order valence-electron chi connectivity index (χ2n) is 8.57. The molecule has 1 N–H and O–H groups in total. The van der Waals surface area contributed by atoms with E-state index in [4.69, 9.17) is 0 Å². The van der Waals surface area contributed by atoms with Gasteiger partial charge in [-0.3, -0.25) is 14.6 Å². The predicted molar refractivity (Wildman–Crippen MR) is 105 cm³/mol. The van der Waals surface area contributed by atoms with Crippen LogP contribution in [-0.4, -0.2) is 53.5 Å². The molecule has 4 rings (SSSR count). The van der Waals surface area contributed by atoms with E-state index in [1.807, 2.05) is 12.1 Å². The van der Waals surface area contributed by atoms with Crippen LogP contribution in [0.5, 0.6) is 0 Å². The molecule has 0 bridgehead atoms. The zero-order valence-electron chi connectivity index (χ0n) is 16.3. The van der Waals surface area contributed by atoms with Crippen molar-refractivity contribution in [1.29, 1.82) is 0 Å². The summed E-state index contributed by atoms with van der Waals surface area (Å²) in [6.07, 6.45) is 8.84. The molecule has 1 aliphatic carbocycles. The third kappa shape index (κ3) is 4.04. The van der Waals surface area contributed by atoms with E-state index in [1.165, 1.54) is 18.9 Å². The van der Waals surface area contributed by atoms with Crippen LogP contribution in [0.4, 0.5) is 4.39 Å². The molecule has 3 fully saturated rings. The van der Waals surface area contributed by atoms with Crippen molar-refractivity contribution in [2.24, 2.45) is 0 Å². The lowest BCUT2D eigenvalue weighted by Gasteiger charge is -2.40. The number of hydrogen-bond acceptors (Lipinski definition) is 3. The molecule has 0 radical (unpaired) electrons. The van der Waals surface area contributed by atoms with E-state index in [0.29, 0.717) is 6.54 Å². The van der Waals surface area contributed by atoms with E-state index in [0.717, 1.165) is 70.3 Å². The first-order chi connectivity index (χ1) is 13.2. The number of carbonyl (C=O) groups excluding carboxylic acids is 1. The van der Waals surface area contributed by atoms with Crippen LogP contribution in [-0.2, 0) is 11.3 Å². The van der Waals surface area contributed by atoms with Crippen molar-refractivity contribution >= 4 is 5.91 Å². The van der Waals surface area contributed by atoms with Gasteiger partial charge in [0, 0.05) is 24.7 Å². The average molecular weight is 374 g/mol. The minimum absolute atomic E-state index is 0.136. The van der Waals surface area contributed by atoms with Crippen LogP contribution < -0.4 is 5.32 Å². The highest BCUT2D eigenvalue weighted by molar-refractivity contribution is 5.87. The summed E-state index contributed by atoms with van der Waals surface area (Å²) in [5.74, 6) is 0.113. The highest BCUT2D eigenvalue weighted by Crippen LogP contribution is 2.38. The Balaban J connectivity index is 1.38. The summed E-state index contributed by atoms with van der Waals surface area (Å²) >= 11 is 0. The highest BCUT2D eigenvalue weighted by Gasteiger charge is 2.47. The summed E-state index contributed by atoms with van der Waals surface area (Å²) in [5, 5.41) is 3.39. The first kappa shape index (κ1) is 18.9. The summed E-state index contributed by atoms with van der Waals surface area (Å²) in [6.45, 7) is 4.54. The Hall–Kier alpha value is -1.46. The third-order valence-corrected chi connectivity index (χ3v) is 6.76. The number of benzene rings is 1. The second kappa shape index (κ2) is 8.27. The van der Waals surface area contributed by atoms with Crippen molar-refractivity contribution in [3.05, 3.63) is 35.6 Å². The summed E-state index contributed by atoms with van der Waals surface area (Å²) in [6, 6.07) is 7.19. The Kier molecular flexibility index (Phi) is 5.79. The molecule has 2 heterocycles. The van der Waals surface area contributed by atoms with E-state index in [9.17, 15) is 9.18 Å². The molecule has 1 atom stereocenters. The molecular formula is C22H32FN3O. The van der Waals surface area contributed by atoms with Gasteiger partial charge in [-0.25, -0.2) is 4.39 Å². The number of halogens is 1. The summed E-state index contributed by atoms with van der Waals surface area (Å²) in [5.41, 5.74) is 0.485. The lowest BCUT2D eigenvalue weighted by atomic mass is 9.93. The van der Waals surface area contributed by atoms with Crippen LogP contribution in [0, 0.1) is 5.82 Å². The third-order valence-electron chi connectivity index (χ3n) is 6.76. The van der Waals surface area contributed by atoms with Gasteiger partial charge in [-0.1, -0.05) is 31.0 Å². The maximum absolute atomic E-state index is 14.0. The number of carbonyl (C=O) groups is 1. The molecule has 2 aliphatic heterocycles. The Labute approximate surface area is 162 Å². The molecule has 1 aromatic rings. The number of amides is 1. The molecule has 1 unspecified atom stereocenters. The fourth-order valence-corrected chi connectivity index (χ4v) is 5.30. The lowest BCUT2D eigenvalue weighted by Crippen LogP contribution is -2.60. The first-order valence-electron chi connectivity index (χ1n) is 10.7. The van der Waals surface area contributed by atoms with Crippen molar-refractivity contribution in [3.63, 3.8) is 0 Å². The standard InChI is InChI=1S/C22H32FN3O/c23-20-10-2-1-8-18(20)16-25-13-7-9-19(17-25)24-21(27)22(11-3-4-12-22)26-14-5-6-15-26/h1-2,8,10,19H,3-7,9,11-17H2,(H,24,27). The van der Waals surface area contributed by atoms with Gasteiger partial charge in [0.25, 0.3) is 0 Å². The lowest BCUT2D eigenvalue weighted by molar-refractivity contribution is -0.134. The monoisotopic (exact) mass is 373 g/mol. The molecular weight excluding hydrogens is 341 g/mol. The van der Waals surface area contributed by atoms with Gasteiger partial charge in [0.15, 0.2) is 0 Å². The van der Waals surface area contributed by atoms with Crippen LogP contribution >= 0.6 is 0 Å². The van der Waals surface area contributed by atoms with Gasteiger partial charge in [0.1, 0.15) is 11.4 Å². The van der Waals surface area contributed by atoms with Gasteiger partial charge in [-0.2, -0.15) is 0 Å². The van der Waals surface area contributed by atoms with Gasteiger partial charge < -0.3 is 5.32 Å². The minimum Gasteiger partial charge on any atom is -0.350 e. The smallest absolute Gasteiger partial charge is 0.240 e. The van der Waals surface area contributed by atoms with Crippen LogP contribution in [0.25, 0.3) is 0 Å². The van der Waals surface area contributed by atoms with Gasteiger partial charge in [0.05, 0.1) is 0 Å². The number of nitrogens with zero attached hydrogens (tertiary/aromatic N) is 2. The fraction of sp³-hybridized carbons (Fsp3) is 0.682. The van der Waals surface area contributed by atoms with E-state index in [-0.39, 0.29) is 23.3 Å². The molecule has 1 amide bonds. The summed E-state index contributed by atoms with van der Waals surface area (Å²) in [4.78, 5) is 18.0. The number of hydrogen-bond donors (Lipinski definition) is 1. The molecule has 27 heavy (non-hydrogen) atoms. The number of nitrogens with one attached hydrogen (secondary N) is 1. The van der Waals surface area contributed by atoms with Crippen LogP contribution in [0.15, 0.2) is 24.3 Å². The molecule has 3 aliphatic rings. The van der Waals surface area contributed by atoms with Gasteiger partial charge in [0.2, 0.25) is 5.91 Å². The fourth-order valence-electron chi connectivity index (χ4n) is 5.30. The maximum Gasteiger partial charge on any atom is 0.240 e. The molecule has 4 nitrogen and oxygen atoms in total. The largest absolute Gasteiger partial charge is 0.350 e. The van der Waals surface area contributed by atoms with Crippen LogP contribution in [0.2, 0.25) is 0 Å². The zero-order chi connectivity index (χ0) is 18.7. The number of likely N-dealkylation sites (tertiary alicyclic amines) is 2. The van der Waals surface area contributed by atoms with Crippen molar-refractivity contribution in [1.82, 2.24) is 15.1 Å². The number of piperidine rings is 1. The second-order valence-corrected chi connectivity index (χ2v) is 8.57. The van der Waals surface area contributed by atoms with Crippen molar-refractivity contribution in [2.45, 2.75) is 69.5 Å². The predicted octanol–water partition coefficient (Wildman–Crippen LogP) is 3.31. The quantitative estimate of drug-likeness (QED) is 0.860.